The molecule has 6 heteroatoms. The van der Waals surface area contributed by atoms with Gasteiger partial charge in [-0.25, -0.2) is 0 Å². The zero-order valence-electron chi connectivity index (χ0n) is 16.3. The van der Waals surface area contributed by atoms with Crippen molar-refractivity contribution in [1.29, 1.82) is 0 Å². The second-order valence-electron chi connectivity index (χ2n) is 8.97. The Kier molecular flexibility index (Phi) is 4.82. The first-order valence-electron chi connectivity index (χ1n) is 9.58. The Labute approximate surface area is 154 Å². The summed E-state index contributed by atoms with van der Waals surface area (Å²) in [6.07, 6.45) is 5.45. The third-order valence-corrected chi connectivity index (χ3v) is 6.95. The molecule has 3 unspecified atom stereocenters. The topological polar surface area (TPSA) is 78.9 Å². The van der Waals surface area contributed by atoms with Crippen molar-refractivity contribution in [1.82, 2.24) is 0 Å². The smallest absolute Gasteiger partial charge is 0.312 e. The standard InChI is InChI=1S/C20H30O6/c1-5-18(2,16(22)24-3)11-15(21)26-20-9-13-6-14(10-20)8-19(7-13,12-20)17(23)25-4/h13-14H,5-12H2,1-4H3. The van der Waals surface area contributed by atoms with Crippen molar-refractivity contribution in [2.24, 2.45) is 22.7 Å². The van der Waals surface area contributed by atoms with Crippen LogP contribution in [0.1, 0.15) is 65.2 Å². The number of carbonyl (C=O) groups is 3. The lowest BCUT2D eigenvalue weighted by molar-refractivity contribution is -0.213. The van der Waals surface area contributed by atoms with Crippen molar-refractivity contribution in [3.63, 3.8) is 0 Å². The van der Waals surface area contributed by atoms with Crippen LogP contribution in [0, 0.1) is 22.7 Å². The Morgan fingerprint density at radius 1 is 1.04 bits per heavy atom. The number of hydrogen-bond acceptors (Lipinski definition) is 6. The molecule has 0 radical (unpaired) electrons. The highest BCUT2D eigenvalue weighted by Crippen LogP contribution is 2.63. The SMILES string of the molecule is CCC(C)(CC(=O)OC12CC3CC(C1)CC(C(=O)OC)(C3)C2)C(=O)OC. The average Bonchev–Trinajstić information content (AvgIpc) is 2.58. The first-order chi connectivity index (χ1) is 12.2. The van der Waals surface area contributed by atoms with Gasteiger partial charge in [-0.05, 0) is 57.3 Å². The summed E-state index contributed by atoms with van der Waals surface area (Å²) in [6, 6.07) is 0. The lowest BCUT2D eigenvalue weighted by Crippen LogP contribution is -2.60. The zero-order valence-corrected chi connectivity index (χ0v) is 16.3. The maximum atomic E-state index is 12.7. The van der Waals surface area contributed by atoms with Gasteiger partial charge in [0.25, 0.3) is 0 Å². The number of rotatable bonds is 6. The van der Waals surface area contributed by atoms with E-state index >= 15 is 0 Å². The van der Waals surface area contributed by atoms with Gasteiger partial charge in [0.1, 0.15) is 5.60 Å². The Balaban J connectivity index is 1.76. The van der Waals surface area contributed by atoms with Crippen molar-refractivity contribution in [3.05, 3.63) is 0 Å². The molecule has 0 aliphatic heterocycles. The number of esters is 3. The van der Waals surface area contributed by atoms with Gasteiger partial charge in [-0.1, -0.05) is 6.92 Å². The molecule has 3 atom stereocenters. The lowest BCUT2D eigenvalue weighted by atomic mass is 9.48. The predicted octanol–water partition coefficient (Wildman–Crippen LogP) is 3.02. The molecule has 6 nitrogen and oxygen atoms in total. The molecule has 0 spiro atoms. The molecule has 0 N–H and O–H groups in total. The van der Waals surface area contributed by atoms with Gasteiger partial charge < -0.3 is 14.2 Å². The van der Waals surface area contributed by atoms with Crippen molar-refractivity contribution < 1.29 is 28.6 Å². The summed E-state index contributed by atoms with van der Waals surface area (Å²) in [4.78, 5) is 37.2. The molecule has 146 valence electrons. The second-order valence-corrected chi connectivity index (χ2v) is 8.97. The van der Waals surface area contributed by atoms with E-state index in [2.05, 4.69) is 0 Å². The maximum absolute atomic E-state index is 12.7. The fourth-order valence-electron chi connectivity index (χ4n) is 5.94. The van der Waals surface area contributed by atoms with E-state index in [4.69, 9.17) is 14.2 Å². The van der Waals surface area contributed by atoms with Crippen LogP contribution in [0.2, 0.25) is 0 Å². The van der Waals surface area contributed by atoms with Crippen LogP contribution in [0.4, 0.5) is 0 Å². The minimum atomic E-state index is -0.881. The molecule has 4 bridgehead atoms. The fraction of sp³-hybridized carbons (Fsp3) is 0.850. The molecule has 4 rings (SSSR count). The van der Waals surface area contributed by atoms with E-state index in [0.29, 0.717) is 24.7 Å². The maximum Gasteiger partial charge on any atom is 0.312 e. The van der Waals surface area contributed by atoms with Crippen LogP contribution in [0.25, 0.3) is 0 Å². The van der Waals surface area contributed by atoms with Crippen LogP contribution in [-0.2, 0) is 28.6 Å². The second kappa shape index (κ2) is 6.54. The van der Waals surface area contributed by atoms with E-state index in [1.807, 2.05) is 6.92 Å². The van der Waals surface area contributed by atoms with E-state index in [1.165, 1.54) is 14.2 Å². The summed E-state index contributed by atoms with van der Waals surface area (Å²) in [6.45, 7) is 3.59. The van der Waals surface area contributed by atoms with Crippen LogP contribution in [-0.4, -0.2) is 37.7 Å². The highest BCUT2D eigenvalue weighted by atomic mass is 16.6. The van der Waals surface area contributed by atoms with Crippen LogP contribution >= 0.6 is 0 Å². The van der Waals surface area contributed by atoms with Gasteiger partial charge in [-0.2, -0.15) is 0 Å². The molecule has 0 aromatic carbocycles. The minimum absolute atomic E-state index is 0.00151. The van der Waals surface area contributed by atoms with Crippen molar-refractivity contribution in [3.8, 4) is 0 Å². The third-order valence-electron chi connectivity index (χ3n) is 6.95. The molecular formula is C20H30O6. The van der Waals surface area contributed by atoms with E-state index in [-0.39, 0.29) is 18.4 Å². The monoisotopic (exact) mass is 366 g/mol. The summed E-state index contributed by atoms with van der Waals surface area (Å²) >= 11 is 0. The Bertz CT molecular complexity index is 597. The molecule has 0 amide bonds. The van der Waals surface area contributed by atoms with Gasteiger partial charge in [-0.15, -0.1) is 0 Å². The molecule has 0 aromatic rings. The van der Waals surface area contributed by atoms with Gasteiger partial charge >= 0.3 is 17.9 Å². The highest BCUT2D eigenvalue weighted by molar-refractivity contribution is 5.83. The van der Waals surface area contributed by atoms with Crippen molar-refractivity contribution in [2.75, 3.05) is 14.2 Å². The van der Waals surface area contributed by atoms with Crippen molar-refractivity contribution in [2.45, 2.75) is 70.8 Å². The van der Waals surface area contributed by atoms with Crippen LogP contribution in [0.5, 0.6) is 0 Å². The predicted molar refractivity (Wildman–Crippen MR) is 93.0 cm³/mol. The first-order valence-corrected chi connectivity index (χ1v) is 9.58. The molecule has 0 heterocycles. The van der Waals surface area contributed by atoms with Gasteiger partial charge in [0.05, 0.1) is 31.5 Å². The lowest BCUT2D eigenvalue weighted by Gasteiger charge is -2.59. The average molecular weight is 366 g/mol. The number of methoxy groups -OCH3 is 2. The molecule has 4 aliphatic rings. The Hall–Kier alpha value is -1.59. The minimum Gasteiger partial charge on any atom is -0.469 e. The van der Waals surface area contributed by atoms with Gasteiger partial charge in [0.15, 0.2) is 0 Å². The van der Waals surface area contributed by atoms with Crippen LogP contribution in [0.15, 0.2) is 0 Å². The first kappa shape index (κ1) is 19.2. The zero-order chi connectivity index (χ0) is 19.2. The van der Waals surface area contributed by atoms with Crippen LogP contribution < -0.4 is 0 Å². The van der Waals surface area contributed by atoms with Gasteiger partial charge in [0, 0.05) is 6.42 Å². The molecule has 26 heavy (non-hydrogen) atoms. The Morgan fingerprint density at radius 2 is 1.65 bits per heavy atom. The van der Waals surface area contributed by atoms with E-state index in [0.717, 1.165) is 32.1 Å². The summed E-state index contributed by atoms with van der Waals surface area (Å²) in [7, 11) is 2.77. The van der Waals surface area contributed by atoms with E-state index < -0.39 is 22.4 Å². The fourth-order valence-corrected chi connectivity index (χ4v) is 5.94. The summed E-state index contributed by atoms with van der Waals surface area (Å²) in [5.74, 6) is -0.127. The normalized spacial score (nSPS) is 36.9. The molecule has 4 saturated carbocycles. The third kappa shape index (κ3) is 3.12. The summed E-state index contributed by atoms with van der Waals surface area (Å²) in [5, 5.41) is 0. The molecule has 4 aliphatic carbocycles. The van der Waals surface area contributed by atoms with Gasteiger partial charge in [-0.3, -0.25) is 14.4 Å². The van der Waals surface area contributed by atoms with E-state index in [1.54, 1.807) is 6.92 Å². The molecule has 0 saturated heterocycles. The molecule has 0 aromatic heterocycles. The quantitative estimate of drug-likeness (QED) is 0.531. The number of ether oxygens (including phenoxy) is 3. The van der Waals surface area contributed by atoms with Gasteiger partial charge in [0.2, 0.25) is 0 Å². The number of hydrogen-bond donors (Lipinski definition) is 0. The van der Waals surface area contributed by atoms with E-state index in [9.17, 15) is 14.4 Å². The summed E-state index contributed by atoms with van der Waals surface area (Å²) in [5.41, 5.74) is -1.97. The van der Waals surface area contributed by atoms with Crippen LogP contribution in [0.3, 0.4) is 0 Å². The summed E-state index contributed by atoms with van der Waals surface area (Å²) < 4.78 is 16.0. The number of carbonyl (C=O) groups excluding carboxylic acids is 3. The Morgan fingerprint density at radius 3 is 2.15 bits per heavy atom. The van der Waals surface area contributed by atoms with Crippen molar-refractivity contribution >= 4 is 17.9 Å². The molecular weight excluding hydrogens is 336 g/mol. The largest absolute Gasteiger partial charge is 0.469 e. The molecule has 4 fully saturated rings. The highest BCUT2D eigenvalue weighted by Gasteiger charge is 2.63.